The predicted molar refractivity (Wildman–Crippen MR) is 60.7 cm³/mol. The predicted octanol–water partition coefficient (Wildman–Crippen LogP) is 2.40. The first-order valence-electron chi connectivity index (χ1n) is 5.19. The highest BCUT2D eigenvalue weighted by Crippen LogP contribution is 2.15. The Bertz CT molecular complexity index is 305. The quantitative estimate of drug-likeness (QED) is 0.553. The molecule has 0 aliphatic carbocycles. The number of hydrogen-bond acceptors (Lipinski definition) is 3. The summed E-state index contributed by atoms with van der Waals surface area (Å²) in [5, 5.41) is 3.05. The summed E-state index contributed by atoms with van der Waals surface area (Å²) in [6.45, 7) is 7.70. The average molecular weight is 209 g/mol. The summed E-state index contributed by atoms with van der Waals surface area (Å²) >= 11 is 0. The SMILES string of the molecule is C=CCCOCc1cc(CNC)oc1C. The van der Waals surface area contributed by atoms with Gasteiger partial charge in [0.25, 0.3) is 0 Å². The fraction of sp³-hybridized carbons (Fsp3) is 0.500. The Labute approximate surface area is 91.1 Å². The van der Waals surface area contributed by atoms with Gasteiger partial charge in [0, 0.05) is 5.56 Å². The van der Waals surface area contributed by atoms with Crippen LogP contribution < -0.4 is 5.32 Å². The van der Waals surface area contributed by atoms with Crippen LogP contribution in [0.3, 0.4) is 0 Å². The van der Waals surface area contributed by atoms with E-state index in [-0.39, 0.29) is 0 Å². The van der Waals surface area contributed by atoms with Gasteiger partial charge in [0.05, 0.1) is 19.8 Å². The molecule has 0 aromatic carbocycles. The highest BCUT2D eigenvalue weighted by Gasteiger charge is 2.06. The fourth-order valence-electron chi connectivity index (χ4n) is 1.34. The highest BCUT2D eigenvalue weighted by atomic mass is 16.5. The average Bonchev–Trinajstić information content (AvgIpc) is 2.55. The van der Waals surface area contributed by atoms with Crippen molar-refractivity contribution in [3.63, 3.8) is 0 Å². The molecule has 1 N–H and O–H groups in total. The van der Waals surface area contributed by atoms with E-state index in [0.717, 1.165) is 36.7 Å². The van der Waals surface area contributed by atoms with Crippen molar-refractivity contribution in [2.75, 3.05) is 13.7 Å². The summed E-state index contributed by atoms with van der Waals surface area (Å²) in [7, 11) is 1.90. The molecule has 84 valence electrons. The Morgan fingerprint density at radius 2 is 2.40 bits per heavy atom. The molecule has 0 aliphatic rings. The normalized spacial score (nSPS) is 10.5. The van der Waals surface area contributed by atoms with E-state index < -0.39 is 0 Å². The van der Waals surface area contributed by atoms with Crippen molar-refractivity contribution < 1.29 is 9.15 Å². The van der Waals surface area contributed by atoms with Gasteiger partial charge in [0.1, 0.15) is 11.5 Å². The Hall–Kier alpha value is -1.06. The number of nitrogens with one attached hydrogen (secondary N) is 1. The first kappa shape index (κ1) is 12.0. The number of ether oxygens (including phenoxy) is 1. The van der Waals surface area contributed by atoms with Gasteiger partial charge in [-0.1, -0.05) is 6.08 Å². The Morgan fingerprint density at radius 3 is 3.07 bits per heavy atom. The van der Waals surface area contributed by atoms with Gasteiger partial charge < -0.3 is 14.5 Å². The minimum absolute atomic E-state index is 0.618. The van der Waals surface area contributed by atoms with E-state index >= 15 is 0 Å². The second kappa shape index (κ2) is 6.43. The molecule has 0 bridgehead atoms. The summed E-state index contributed by atoms with van der Waals surface area (Å²) in [4.78, 5) is 0. The highest BCUT2D eigenvalue weighted by molar-refractivity contribution is 5.19. The molecule has 0 spiro atoms. The molecule has 1 aromatic heterocycles. The third-order valence-corrected chi connectivity index (χ3v) is 2.15. The second-order valence-corrected chi connectivity index (χ2v) is 3.45. The zero-order chi connectivity index (χ0) is 11.1. The molecule has 1 heterocycles. The van der Waals surface area contributed by atoms with Gasteiger partial charge in [-0.25, -0.2) is 0 Å². The van der Waals surface area contributed by atoms with Crippen LogP contribution in [0.5, 0.6) is 0 Å². The molecule has 0 atom stereocenters. The van der Waals surface area contributed by atoms with E-state index in [4.69, 9.17) is 9.15 Å². The van der Waals surface area contributed by atoms with Crippen LogP contribution >= 0.6 is 0 Å². The molecule has 0 aliphatic heterocycles. The molecule has 15 heavy (non-hydrogen) atoms. The monoisotopic (exact) mass is 209 g/mol. The molecule has 0 saturated heterocycles. The minimum atomic E-state index is 0.618. The zero-order valence-corrected chi connectivity index (χ0v) is 9.51. The molecular formula is C12H19NO2. The molecule has 0 fully saturated rings. The molecule has 0 saturated carbocycles. The smallest absolute Gasteiger partial charge is 0.118 e. The second-order valence-electron chi connectivity index (χ2n) is 3.45. The van der Waals surface area contributed by atoms with Gasteiger partial charge in [0.2, 0.25) is 0 Å². The number of aryl methyl sites for hydroxylation is 1. The van der Waals surface area contributed by atoms with Gasteiger partial charge >= 0.3 is 0 Å². The molecule has 1 rings (SSSR count). The third kappa shape index (κ3) is 3.90. The van der Waals surface area contributed by atoms with Crippen LogP contribution in [0.15, 0.2) is 23.1 Å². The van der Waals surface area contributed by atoms with Crippen LogP contribution in [-0.2, 0) is 17.9 Å². The van der Waals surface area contributed by atoms with Crippen molar-refractivity contribution in [1.29, 1.82) is 0 Å². The largest absolute Gasteiger partial charge is 0.465 e. The van der Waals surface area contributed by atoms with Crippen molar-refractivity contribution in [2.24, 2.45) is 0 Å². The minimum Gasteiger partial charge on any atom is -0.465 e. The zero-order valence-electron chi connectivity index (χ0n) is 9.51. The Kier molecular flexibility index (Phi) is 5.15. The van der Waals surface area contributed by atoms with E-state index in [1.807, 2.05) is 26.1 Å². The Morgan fingerprint density at radius 1 is 1.60 bits per heavy atom. The van der Waals surface area contributed by atoms with Crippen LogP contribution in [0.25, 0.3) is 0 Å². The molecule has 0 unspecified atom stereocenters. The summed E-state index contributed by atoms with van der Waals surface area (Å²) in [5.41, 5.74) is 1.13. The third-order valence-electron chi connectivity index (χ3n) is 2.15. The first-order valence-corrected chi connectivity index (χ1v) is 5.19. The molecule has 3 nitrogen and oxygen atoms in total. The van der Waals surface area contributed by atoms with Crippen LogP contribution in [-0.4, -0.2) is 13.7 Å². The van der Waals surface area contributed by atoms with E-state index in [1.165, 1.54) is 0 Å². The lowest BCUT2D eigenvalue weighted by Gasteiger charge is -1.99. The topological polar surface area (TPSA) is 34.4 Å². The molecular weight excluding hydrogens is 190 g/mol. The van der Waals surface area contributed by atoms with E-state index in [9.17, 15) is 0 Å². The van der Waals surface area contributed by atoms with Crippen LogP contribution in [0.4, 0.5) is 0 Å². The number of rotatable bonds is 7. The molecule has 0 radical (unpaired) electrons. The maximum absolute atomic E-state index is 5.55. The van der Waals surface area contributed by atoms with Crippen molar-refractivity contribution in [2.45, 2.75) is 26.5 Å². The van der Waals surface area contributed by atoms with Crippen molar-refractivity contribution in [3.05, 3.63) is 35.8 Å². The molecule has 1 aromatic rings. The number of hydrogen-bond donors (Lipinski definition) is 1. The van der Waals surface area contributed by atoms with E-state index in [0.29, 0.717) is 6.61 Å². The van der Waals surface area contributed by atoms with Gasteiger partial charge in [-0.3, -0.25) is 0 Å². The van der Waals surface area contributed by atoms with Gasteiger partial charge in [0.15, 0.2) is 0 Å². The maximum Gasteiger partial charge on any atom is 0.118 e. The van der Waals surface area contributed by atoms with E-state index in [2.05, 4.69) is 11.9 Å². The van der Waals surface area contributed by atoms with Crippen LogP contribution in [0.1, 0.15) is 23.5 Å². The lowest BCUT2D eigenvalue weighted by molar-refractivity contribution is 0.124. The van der Waals surface area contributed by atoms with E-state index in [1.54, 1.807) is 0 Å². The summed E-state index contributed by atoms with van der Waals surface area (Å²) in [6.07, 6.45) is 2.74. The first-order chi connectivity index (χ1) is 7.27. The van der Waals surface area contributed by atoms with Crippen molar-refractivity contribution in [1.82, 2.24) is 5.32 Å². The van der Waals surface area contributed by atoms with Gasteiger partial charge in [-0.2, -0.15) is 0 Å². The summed E-state index contributed by atoms with van der Waals surface area (Å²) in [5.74, 6) is 1.90. The standard InChI is InChI=1S/C12H19NO2/c1-4-5-6-14-9-11-7-12(8-13-3)15-10(11)2/h4,7,13H,1,5-6,8-9H2,2-3H3. The summed E-state index contributed by atoms with van der Waals surface area (Å²) in [6, 6.07) is 2.04. The van der Waals surface area contributed by atoms with Crippen LogP contribution in [0, 0.1) is 6.92 Å². The lowest BCUT2D eigenvalue weighted by atomic mass is 10.2. The molecule has 3 heteroatoms. The number of furan rings is 1. The fourth-order valence-corrected chi connectivity index (χ4v) is 1.34. The van der Waals surface area contributed by atoms with Crippen LogP contribution in [0.2, 0.25) is 0 Å². The van der Waals surface area contributed by atoms with Crippen molar-refractivity contribution in [3.8, 4) is 0 Å². The summed E-state index contributed by atoms with van der Waals surface area (Å²) < 4.78 is 11.0. The van der Waals surface area contributed by atoms with Gasteiger partial charge in [-0.15, -0.1) is 6.58 Å². The van der Waals surface area contributed by atoms with Crippen molar-refractivity contribution >= 4 is 0 Å². The lowest BCUT2D eigenvalue weighted by Crippen LogP contribution is -2.03. The maximum atomic E-state index is 5.55. The molecule has 0 amide bonds. The Balaban J connectivity index is 2.42. The van der Waals surface area contributed by atoms with Gasteiger partial charge in [-0.05, 0) is 26.5 Å².